The third kappa shape index (κ3) is 4.47. The Morgan fingerprint density at radius 2 is 1.81 bits per heavy atom. The number of hydrogen-bond donors (Lipinski definition) is 2. The van der Waals surface area contributed by atoms with E-state index in [1.54, 1.807) is 44.0 Å². The molecule has 0 saturated carbocycles. The molecule has 3 aromatic rings. The molecule has 0 bridgehead atoms. The van der Waals surface area contributed by atoms with Gasteiger partial charge in [-0.25, -0.2) is 4.68 Å². The van der Waals surface area contributed by atoms with Gasteiger partial charge in [0.25, 0.3) is 5.91 Å². The number of ether oxygens (including phenoxy) is 2. The number of rotatable bonds is 6. The molecule has 0 radical (unpaired) electrons. The predicted molar refractivity (Wildman–Crippen MR) is 122 cm³/mol. The van der Waals surface area contributed by atoms with Gasteiger partial charge in [-0.1, -0.05) is 26.0 Å². The molecule has 2 N–H and O–H groups in total. The van der Waals surface area contributed by atoms with E-state index in [1.807, 2.05) is 25.2 Å². The first kappa shape index (κ1) is 22.1. The Labute approximate surface area is 182 Å². The fraction of sp³-hybridized carbons (Fsp3) is 0.348. The topological polar surface area (TPSA) is 90.3 Å². The summed E-state index contributed by atoms with van der Waals surface area (Å²) in [4.78, 5) is 13.0. The van der Waals surface area contributed by atoms with E-state index in [-0.39, 0.29) is 17.0 Å². The summed E-state index contributed by atoms with van der Waals surface area (Å²) in [5.74, 6) is 0.914. The van der Waals surface area contributed by atoms with Crippen LogP contribution in [0.1, 0.15) is 42.5 Å². The molecule has 1 amide bonds. The number of nitrogens with one attached hydrogen (secondary N) is 2. The van der Waals surface area contributed by atoms with Crippen LogP contribution >= 0.6 is 0 Å². The van der Waals surface area contributed by atoms with Gasteiger partial charge in [-0.05, 0) is 48.2 Å². The molecule has 3 rings (SSSR count). The minimum absolute atomic E-state index is 0.0823. The zero-order valence-corrected chi connectivity index (χ0v) is 19.0. The summed E-state index contributed by atoms with van der Waals surface area (Å²) in [6.07, 6.45) is 0. The van der Waals surface area contributed by atoms with Crippen molar-refractivity contribution in [2.24, 2.45) is 0 Å². The molecule has 0 aliphatic rings. The van der Waals surface area contributed by atoms with Crippen LogP contribution in [0.5, 0.6) is 11.5 Å². The van der Waals surface area contributed by atoms with Gasteiger partial charge < -0.3 is 20.1 Å². The van der Waals surface area contributed by atoms with E-state index < -0.39 is 0 Å². The Morgan fingerprint density at radius 3 is 2.42 bits per heavy atom. The van der Waals surface area contributed by atoms with Gasteiger partial charge in [0.2, 0.25) is 0 Å². The third-order valence-corrected chi connectivity index (χ3v) is 5.08. The van der Waals surface area contributed by atoms with Crippen molar-refractivity contribution in [1.29, 1.82) is 0 Å². The number of methoxy groups -OCH3 is 2. The number of amides is 1. The zero-order valence-electron chi connectivity index (χ0n) is 19.0. The lowest BCUT2D eigenvalue weighted by atomic mass is 9.85. The highest BCUT2D eigenvalue weighted by Crippen LogP contribution is 2.32. The molecule has 164 valence electrons. The Balaban J connectivity index is 1.93. The molecule has 8 heteroatoms. The van der Waals surface area contributed by atoms with E-state index in [0.717, 1.165) is 11.3 Å². The summed E-state index contributed by atoms with van der Waals surface area (Å²) >= 11 is 0. The first-order chi connectivity index (χ1) is 14.7. The average Bonchev–Trinajstić information content (AvgIpc) is 3.13. The Kier molecular flexibility index (Phi) is 6.19. The molecule has 0 aliphatic heterocycles. The summed E-state index contributed by atoms with van der Waals surface area (Å²) in [7, 11) is 5.05. The fourth-order valence-corrected chi connectivity index (χ4v) is 3.38. The first-order valence-corrected chi connectivity index (χ1v) is 9.98. The van der Waals surface area contributed by atoms with Gasteiger partial charge in [-0.2, -0.15) is 0 Å². The summed E-state index contributed by atoms with van der Waals surface area (Å²) in [6, 6.07) is 11.2. The van der Waals surface area contributed by atoms with Crippen molar-refractivity contribution in [1.82, 2.24) is 15.0 Å². The molecule has 8 nitrogen and oxygen atoms in total. The van der Waals surface area contributed by atoms with Gasteiger partial charge in [0, 0.05) is 24.5 Å². The molecule has 31 heavy (non-hydrogen) atoms. The van der Waals surface area contributed by atoms with Crippen LogP contribution in [0, 0.1) is 6.92 Å². The standard InChI is InChI=1S/C23H29N5O3/c1-14-21(26-27-28(14)19-13-16(30-6)9-11-20(19)31-7)22(29)25-15-8-10-18(24-5)17(12-15)23(2,3)4/h8-13,24H,1-7H3,(H,25,29). The van der Waals surface area contributed by atoms with E-state index in [0.29, 0.717) is 28.6 Å². The molecule has 1 heterocycles. The maximum atomic E-state index is 13.0. The van der Waals surface area contributed by atoms with Crippen molar-refractivity contribution in [3.05, 3.63) is 53.3 Å². The number of carbonyl (C=O) groups excluding carboxylic acids is 1. The number of benzene rings is 2. The molecule has 0 aliphatic carbocycles. The molecule has 0 fully saturated rings. The van der Waals surface area contributed by atoms with Crippen LogP contribution in [0.25, 0.3) is 5.69 Å². The molecule has 0 atom stereocenters. The lowest BCUT2D eigenvalue weighted by molar-refractivity contribution is 0.102. The highest BCUT2D eigenvalue weighted by Gasteiger charge is 2.22. The van der Waals surface area contributed by atoms with Gasteiger partial charge in [0.15, 0.2) is 5.69 Å². The molecule has 0 saturated heterocycles. The lowest BCUT2D eigenvalue weighted by Gasteiger charge is -2.23. The van der Waals surface area contributed by atoms with Crippen molar-refractivity contribution in [2.45, 2.75) is 33.1 Å². The van der Waals surface area contributed by atoms with Crippen LogP contribution in [0.2, 0.25) is 0 Å². The van der Waals surface area contributed by atoms with Crippen LogP contribution in [-0.4, -0.2) is 42.2 Å². The summed E-state index contributed by atoms with van der Waals surface area (Å²) < 4.78 is 12.3. The first-order valence-electron chi connectivity index (χ1n) is 9.98. The second-order valence-electron chi connectivity index (χ2n) is 8.19. The quantitative estimate of drug-likeness (QED) is 0.618. The minimum Gasteiger partial charge on any atom is -0.497 e. The van der Waals surface area contributed by atoms with Crippen LogP contribution in [0.15, 0.2) is 36.4 Å². The van der Waals surface area contributed by atoms with Crippen molar-refractivity contribution in [2.75, 3.05) is 31.9 Å². The molecule has 0 spiro atoms. The number of aromatic nitrogens is 3. The molecule has 0 unspecified atom stereocenters. The van der Waals surface area contributed by atoms with Gasteiger partial charge >= 0.3 is 0 Å². The van der Waals surface area contributed by atoms with Gasteiger partial charge in [-0.15, -0.1) is 5.10 Å². The van der Waals surface area contributed by atoms with Crippen molar-refractivity contribution in [3.63, 3.8) is 0 Å². The van der Waals surface area contributed by atoms with Crippen LogP contribution in [0.4, 0.5) is 11.4 Å². The van der Waals surface area contributed by atoms with Crippen molar-refractivity contribution in [3.8, 4) is 17.2 Å². The average molecular weight is 424 g/mol. The van der Waals surface area contributed by atoms with Crippen LogP contribution in [-0.2, 0) is 5.41 Å². The minimum atomic E-state index is -0.331. The summed E-state index contributed by atoms with van der Waals surface area (Å²) in [5, 5.41) is 14.4. The SMILES string of the molecule is CNc1ccc(NC(=O)c2nnn(-c3cc(OC)ccc3OC)c2C)cc1C(C)(C)C. The zero-order chi connectivity index (χ0) is 22.8. The molecule has 1 aromatic heterocycles. The predicted octanol–water partition coefficient (Wildman–Crippen LogP) is 4.18. The van der Waals surface area contributed by atoms with E-state index >= 15 is 0 Å². The normalized spacial score (nSPS) is 11.2. The Bertz CT molecular complexity index is 1100. The van der Waals surface area contributed by atoms with Gasteiger partial charge in [0.05, 0.1) is 19.9 Å². The van der Waals surface area contributed by atoms with E-state index in [4.69, 9.17) is 9.47 Å². The second-order valence-corrected chi connectivity index (χ2v) is 8.19. The van der Waals surface area contributed by atoms with Crippen molar-refractivity contribution < 1.29 is 14.3 Å². The fourth-order valence-electron chi connectivity index (χ4n) is 3.38. The third-order valence-electron chi connectivity index (χ3n) is 5.08. The number of anilines is 2. The van der Waals surface area contributed by atoms with Gasteiger partial charge in [-0.3, -0.25) is 4.79 Å². The smallest absolute Gasteiger partial charge is 0.278 e. The van der Waals surface area contributed by atoms with E-state index in [1.165, 1.54) is 0 Å². The highest BCUT2D eigenvalue weighted by atomic mass is 16.5. The molecular formula is C23H29N5O3. The highest BCUT2D eigenvalue weighted by molar-refractivity contribution is 6.03. The van der Waals surface area contributed by atoms with Crippen molar-refractivity contribution >= 4 is 17.3 Å². The Hall–Kier alpha value is -3.55. The van der Waals surface area contributed by atoms with E-state index in [9.17, 15) is 4.79 Å². The summed E-state index contributed by atoms with van der Waals surface area (Å²) in [6.45, 7) is 8.18. The number of carbonyl (C=O) groups is 1. The summed E-state index contributed by atoms with van der Waals surface area (Å²) in [5.41, 5.74) is 4.21. The monoisotopic (exact) mass is 423 g/mol. The van der Waals surface area contributed by atoms with Crippen LogP contribution in [0.3, 0.4) is 0 Å². The van der Waals surface area contributed by atoms with Gasteiger partial charge in [0.1, 0.15) is 17.2 Å². The number of nitrogens with zero attached hydrogens (tertiary/aromatic N) is 3. The Morgan fingerprint density at radius 1 is 1.06 bits per heavy atom. The second kappa shape index (κ2) is 8.67. The maximum Gasteiger partial charge on any atom is 0.278 e. The largest absolute Gasteiger partial charge is 0.497 e. The number of hydrogen-bond acceptors (Lipinski definition) is 6. The van der Waals surface area contributed by atoms with Crippen LogP contribution < -0.4 is 20.1 Å². The lowest BCUT2D eigenvalue weighted by Crippen LogP contribution is -2.17. The molecular weight excluding hydrogens is 394 g/mol. The molecule has 2 aromatic carbocycles. The maximum absolute atomic E-state index is 13.0. The van der Waals surface area contributed by atoms with E-state index in [2.05, 4.69) is 41.7 Å².